The van der Waals surface area contributed by atoms with Gasteiger partial charge in [-0.1, -0.05) is 6.07 Å². The molecule has 12 heteroatoms. The molecule has 1 aromatic heterocycles. The van der Waals surface area contributed by atoms with Gasteiger partial charge in [0, 0.05) is 46.4 Å². The molecule has 0 spiro atoms. The van der Waals surface area contributed by atoms with E-state index in [4.69, 9.17) is 9.15 Å². The van der Waals surface area contributed by atoms with Crippen molar-refractivity contribution in [2.45, 2.75) is 18.1 Å². The van der Waals surface area contributed by atoms with Crippen molar-refractivity contribution in [2.24, 2.45) is 0 Å². The van der Waals surface area contributed by atoms with Crippen LogP contribution in [-0.2, 0) is 0 Å². The summed E-state index contributed by atoms with van der Waals surface area (Å²) in [6.45, 7) is 0. The second-order valence-electron chi connectivity index (χ2n) is 9.85. The highest BCUT2D eigenvalue weighted by molar-refractivity contribution is 5.82. The summed E-state index contributed by atoms with van der Waals surface area (Å²) in [7, 11) is 0. The van der Waals surface area contributed by atoms with E-state index in [1.54, 1.807) is 0 Å². The minimum absolute atomic E-state index is 0.00477. The highest BCUT2D eigenvalue weighted by Gasteiger charge is 2.43. The molecular formula is C30H22O12. The van der Waals surface area contributed by atoms with Crippen molar-refractivity contribution < 1.29 is 55.1 Å². The number of aliphatic hydroxyl groups is 1. The third-order valence-corrected chi connectivity index (χ3v) is 7.24. The first kappa shape index (κ1) is 26.5. The zero-order chi connectivity index (χ0) is 30.0. The third kappa shape index (κ3) is 4.09. The van der Waals surface area contributed by atoms with E-state index in [1.165, 1.54) is 36.4 Å². The summed E-state index contributed by atoms with van der Waals surface area (Å²) < 4.78 is 11.8. The van der Waals surface area contributed by atoms with Crippen LogP contribution in [0, 0.1) is 0 Å². The van der Waals surface area contributed by atoms with Crippen molar-refractivity contribution in [3.63, 3.8) is 0 Å². The minimum atomic E-state index is -1.66. The number of benzene rings is 4. The fourth-order valence-corrected chi connectivity index (χ4v) is 5.28. The Bertz CT molecular complexity index is 1940. The van der Waals surface area contributed by atoms with Crippen LogP contribution < -0.4 is 10.2 Å². The molecule has 0 radical (unpaired) electrons. The summed E-state index contributed by atoms with van der Waals surface area (Å²) in [6, 6.07) is 11.9. The molecule has 9 N–H and O–H groups in total. The Morgan fingerprint density at radius 2 is 1.31 bits per heavy atom. The van der Waals surface area contributed by atoms with Crippen LogP contribution in [-0.4, -0.2) is 52.1 Å². The van der Waals surface area contributed by atoms with Gasteiger partial charge in [-0.25, -0.2) is 0 Å². The van der Waals surface area contributed by atoms with Crippen molar-refractivity contribution in [2.75, 3.05) is 0 Å². The van der Waals surface area contributed by atoms with E-state index in [0.29, 0.717) is 0 Å². The first-order valence-corrected chi connectivity index (χ1v) is 12.4. The van der Waals surface area contributed by atoms with E-state index in [2.05, 4.69) is 0 Å². The van der Waals surface area contributed by atoms with Gasteiger partial charge in [-0.15, -0.1) is 0 Å². The lowest BCUT2D eigenvalue weighted by molar-refractivity contribution is 0.00772. The molecule has 1 aliphatic rings. The van der Waals surface area contributed by atoms with Crippen molar-refractivity contribution in [1.82, 2.24) is 0 Å². The number of hydrogen-bond acceptors (Lipinski definition) is 12. The summed E-state index contributed by atoms with van der Waals surface area (Å²) in [5.41, 5.74) is -0.702. The van der Waals surface area contributed by atoms with E-state index in [0.717, 1.165) is 24.3 Å². The average Bonchev–Trinajstić information content (AvgIpc) is 2.94. The highest BCUT2D eigenvalue weighted by Crippen LogP contribution is 2.55. The van der Waals surface area contributed by atoms with Gasteiger partial charge in [-0.2, -0.15) is 0 Å². The molecule has 0 saturated heterocycles. The molecule has 0 amide bonds. The first-order valence-electron chi connectivity index (χ1n) is 12.4. The smallest absolute Gasteiger partial charge is 0.200 e. The molecule has 42 heavy (non-hydrogen) atoms. The third-order valence-electron chi connectivity index (χ3n) is 7.24. The van der Waals surface area contributed by atoms with Gasteiger partial charge < -0.3 is 55.1 Å². The monoisotopic (exact) mass is 574 g/mol. The predicted octanol–water partition coefficient (Wildman–Crippen LogP) is 3.73. The molecule has 12 nitrogen and oxygen atoms in total. The SMILES string of the molecule is O=c1cc(-c2cc(O)c(O)c(O)c2[C@H]2c3ccc(O)cc3O[C@H](c3cc(O)c(O)c(O)c3)[C@H]2O)oc2cc(O)ccc12. The maximum Gasteiger partial charge on any atom is 0.200 e. The summed E-state index contributed by atoms with van der Waals surface area (Å²) in [5.74, 6) is -6.76. The molecule has 2 heterocycles. The fraction of sp³-hybridized carbons (Fsp3) is 0.100. The van der Waals surface area contributed by atoms with E-state index in [9.17, 15) is 50.8 Å². The lowest BCUT2D eigenvalue weighted by Crippen LogP contribution is -2.35. The van der Waals surface area contributed by atoms with Gasteiger partial charge in [-0.05, 0) is 36.4 Å². The number of fused-ring (bicyclic) bond motifs is 2. The number of ether oxygens (including phenoxy) is 1. The number of aliphatic hydroxyl groups excluding tert-OH is 1. The maximum absolute atomic E-state index is 13.0. The molecule has 6 rings (SSSR count). The molecule has 0 saturated carbocycles. The van der Waals surface area contributed by atoms with Crippen LogP contribution in [0.15, 0.2) is 69.9 Å². The zero-order valence-corrected chi connectivity index (χ0v) is 21.3. The topological polar surface area (TPSA) is 222 Å². The van der Waals surface area contributed by atoms with E-state index >= 15 is 0 Å². The molecule has 0 unspecified atom stereocenters. The van der Waals surface area contributed by atoms with Crippen LogP contribution in [0.2, 0.25) is 0 Å². The normalized spacial score (nSPS) is 18.0. The summed E-state index contributed by atoms with van der Waals surface area (Å²) in [4.78, 5) is 13.0. The molecule has 0 bridgehead atoms. The summed E-state index contributed by atoms with van der Waals surface area (Å²) >= 11 is 0. The molecule has 1 aliphatic heterocycles. The minimum Gasteiger partial charge on any atom is -0.508 e. The number of aromatic hydroxyl groups is 8. The quantitative estimate of drug-likeness (QED) is 0.141. The Balaban J connectivity index is 1.64. The number of hydrogen-bond donors (Lipinski definition) is 9. The second-order valence-corrected chi connectivity index (χ2v) is 9.85. The van der Waals surface area contributed by atoms with Crippen molar-refractivity contribution in [1.29, 1.82) is 0 Å². The Labute approximate surface area is 235 Å². The van der Waals surface area contributed by atoms with Gasteiger partial charge in [0.15, 0.2) is 40.3 Å². The van der Waals surface area contributed by atoms with Crippen molar-refractivity contribution in [3.05, 3.63) is 87.6 Å². The van der Waals surface area contributed by atoms with Crippen molar-refractivity contribution in [3.8, 4) is 63.1 Å². The van der Waals surface area contributed by atoms with Crippen LogP contribution >= 0.6 is 0 Å². The highest BCUT2D eigenvalue weighted by atomic mass is 16.5. The van der Waals surface area contributed by atoms with Gasteiger partial charge in [0.2, 0.25) is 5.75 Å². The van der Waals surface area contributed by atoms with Crippen LogP contribution in [0.1, 0.15) is 28.7 Å². The summed E-state index contributed by atoms with van der Waals surface area (Å²) in [6.07, 6.45) is -3.05. The molecule has 214 valence electrons. The predicted molar refractivity (Wildman–Crippen MR) is 145 cm³/mol. The van der Waals surface area contributed by atoms with Crippen LogP contribution in [0.4, 0.5) is 0 Å². The van der Waals surface area contributed by atoms with E-state index in [-0.39, 0.29) is 56.2 Å². The van der Waals surface area contributed by atoms with E-state index in [1.807, 2.05) is 0 Å². The molecular weight excluding hydrogens is 552 g/mol. The van der Waals surface area contributed by atoms with Gasteiger partial charge in [0.1, 0.15) is 34.7 Å². The largest absolute Gasteiger partial charge is 0.508 e. The lowest BCUT2D eigenvalue weighted by Gasteiger charge is -2.38. The van der Waals surface area contributed by atoms with Crippen molar-refractivity contribution >= 4 is 11.0 Å². The Hall–Kier alpha value is -5.75. The van der Waals surface area contributed by atoms with Crippen LogP contribution in [0.25, 0.3) is 22.3 Å². The van der Waals surface area contributed by atoms with E-state index < -0.39 is 58.1 Å². The number of rotatable bonds is 3. The molecule has 4 aromatic carbocycles. The number of phenolic OH excluding ortho intramolecular Hbond substituents is 8. The first-order chi connectivity index (χ1) is 19.9. The maximum atomic E-state index is 13.0. The Kier molecular flexibility index (Phi) is 5.94. The Morgan fingerprint density at radius 3 is 2.02 bits per heavy atom. The number of phenols is 8. The standard InChI is InChI=1S/C30H22O12/c31-12-1-3-14-17(33)10-23(41-21(14)7-12)16-9-20(36)27(38)28(39)25(16)24-15-4-2-13(32)8-22(15)42-30(29(24)40)11-5-18(34)26(37)19(35)6-11/h1-10,24,29-32,34-40H/t24-,29+,30-/m1/s1. The molecule has 0 aliphatic carbocycles. The molecule has 5 aromatic rings. The average molecular weight is 574 g/mol. The molecule has 0 fully saturated rings. The second kappa shape index (κ2) is 9.42. The van der Waals surface area contributed by atoms with Gasteiger partial charge in [0.05, 0.1) is 5.39 Å². The molecule has 3 atom stereocenters. The van der Waals surface area contributed by atoms with Gasteiger partial charge in [0.25, 0.3) is 0 Å². The van der Waals surface area contributed by atoms with Crippen LogP contribution in [0.3, 0.4) is 0 Å². The Morgan fingerprint density at radius 1 is 0.667 bits per heavy atom. The fourth-order valence-electron chi connectivity index (χ4n) is 5.28. The van der Waals surface area contributed by atoms with Gasteiger partial charge >= 0.3 is 0 Å². The summed E-state index contributed by atoms with van der Waals surface area (Å²) in [5, 5.41) is 94.2. The van der Waals surface area contributed by atoms with Gasteiger partial charge in [-0.3, -0.25) is 4.79 Å². The van der Waals surface area contributed by atoms with Crippen LogP contribution in [0.5, 0.6) is 51.7 Å². The lowest BCUT2D eigenvalue weighted by atomic mass is 9.77. The zero-order valence-electron chi connectivity index (χ0n) is 21.3.